The van der Waals surface area contributed by atoms with Gasteiger partial charge in [0.1, 0.15) is 5.65 Å². The molecule has 0 unspecified atom stereocenters. The number of ether oxygens (including phenoxy) is 1. The number of phenolic OH excluding ortho intramolecular Hbond substituents is 1. The molecule has 4 aromatic rings. The fourth-order valence-electron chi connectivity index (χ4n) is 4.19. The van der Waals surface area contributed by atoms with Crippen LogP contribution >= 0.6 is 0 Å². The molecule has 1 aliphatic rings. The molecule has 1 aliphatic heterocycles. The average Bonchev–Trinajstić information content (AvgIpc) is 2.88. The first-order valence-corrected chi connectivity index (χ1v) is 11.6. The van der Waals surface area contributed by atoms with Crippen molar-refractivity contribution in [3.8, 4) is 17.2 Å². The zero-order valence-electron chi connectivity index (χ0n) is 20.3. The third-order valence-corrected chi connectivity index (χ3v) is 6.29. The molecule has 0 amide bonds. The SMILES string of the molecule is CN1CCN(c2ccc(Nc3ncc4cc(Oc5cccc(O)c5[N+](=O)[O-])c(=O)n(C)c4n3)cc2)CC1. The van der Waals surface area contributed by atoms with Gasteiger partial charge in [0.25, 0.3) is 5.56 Å². The number of nitrogens with zero attached hydrogens (tertiary/aromatic N) is 6. The predicted octanol–water partition coefficient (Wildman–Crippen LogP) is 3.23. The lowest BCUT2D eigenvalue weighted by atomic mass is 10.2. The molecule has 5 rings (SSSR count). The molecule has 1 fully saturated rings. The number of piperazine rings is 1. The second-order valence-corrected chi connectivity index (χ2v) is 8.79. The summed E-state index contributed by atoms with van der Waals surface area (Å²) < 4.78 is 6.83. The monoisotopic (exact) mass is 503 g/mol. The van der Waals surface area contributed by atoms with Gasteiger partial charge < -0.3 is 25.0 Å². The second-order valence-electron chi connectivity index (χ2n) is 8.79. The van der Waals surface area contributed by atoms with E-state index < -0.39 is 21.9 Å². The minimum absolute atomic E-state index is 0.160. The molecule has 1 saturated heterocycles. The van der Waals surface area contributed by atoms with E-state index >= 15 is 0 Å². The zero-order chi connectivity index (χ0) is 26.1. The van der Waals surface area contributed by atoms with Gasteiger partial charge in [-0.1, -0.05) is 6.07 Å². The van der Waals surface area contributed by atoms with Gasteiger partial charge >= 0.3 is 5.69 Å². The number of para-hydroxylation sites is 1. The number of hydrogen-bond donors (Lipinski definition) is 2. The van der Waals surface area contributed by atoms with Crippen LogP contribution in [0.3, 0.4) is 0 Å². The van der Waals surface area contributed by atoms with Gasteiger partial charge in [-0.05, 0) is 49.5 Å². The fraction of sp³-hybridized carbons (Fsp3) is 0.240. The number of benzene rings is 2. The Morgan fingerprint density at radius 2 is 1.78 bits per heavy atom. The number of fused-ring (bicyclic) bond motifs is 1. The summed E-state index contributed by atoms with van der Waals surface area (Å²) >= 11 is 0. The highest BCUT2D eigenvalue weighted by molar-refractivity contribution is 5.77. The van der Waals surface area contributed by atoms with Gasteiger partial charge in [-0.15, -0.1) is 0 Å². The number of phenols is 1. The number of pyridine rings is 1. The van der Waals surface area contributed by atoms with E-state index in [4.69, 9.17) is 4.74 Å². The van der Waals surface area contributed by atoms with Crippen molar-refractivity contribution in [2.75, 3.05) is 43.4 Å². The molecular weight excluding hydrogens is 478 g/mol. The number of nitro benzene ring substituents is 1. The molecule has 2 N–H and O–H groups in total. The zero-order valence-corrected chi connectivity index (χ0v) is 20.3. The van der Waals surface area contributed by atoms with E-state index in [0.29, 0.717) is 17.0 Å². The predicted molar refractivity (Wildman–Crippen MR) is 139 cm³/mol. The highest BCUT2D eigenvalue weighted by atomic mass is 16.6. The van der Waals surface area contributed by atoms with Crippen LogP contribution in [-0.2, 0) is 7.05 Å². The number of aromatic nitrogens is 3. The van der Waals surface area contributed by atoms with E-state index in [1.54, 1.807) is 0 Å². The second kappa shape index (κ2) is 9.74. The molecule has 12 nitrogen and oxygen atoms in total. The van der Waals surface area contributed by atoms with E-state index in [1.807, 2.05) is 12.1 Å². The summed E-state index contributed by atoms with van der Waals surface area (Å²) in [5.41, 5.74) is 1.14. The molecule has 0 saturated carbocycles. The maximum Gasteiger partial charge on any atom is 0.352 e. The van der Waals surface area contributed by atoms with E-state index in [9.17, 15) is 20.0 Å². The Bertz CT molecular complexity index is 1530. The summed E-state index contributed by atoms with van der Waals surface area (Å²) in [6.07, 6.45) is 1.53. The molecule has 37 heavy (non-hydrogen) atoms. The summed E-state index contributed by atoms with van der Waals surface area (Å²) in [4.78, 5) is 37.0. The summed E-state index contributed by atoms with van der Waals surface area (Å²) in [5.74, 6) is -0.656. The van der Waals surface area contributed by atoms with E-state index in [-0.39, 0.29) is 11.5 Å². The number of aryl methyl sites for hydroxylation is 1. The molecule has 3 heterocycles. The normalized spacial score (nSPS) is 14.1. The number of likely N-dealkylation sites (N-methyl/N-ethyl adjacent to an activating group) is 1. The van der Waals surface area contributed by atoms with Crippen LogP contribution in [0, 0.1) is 10.1 Å². The van der Waals surface area contributed by atoms with Crippen LogP contribution in [0.5, 0.6) is 17.2 Å². The lowest BCUT2D eigenvalue weighted by Gasteiger charge is -2.34. The standard InChI is InChI=1S/C25H25N7O5/c1-29-10-12-31(13-11-29)18-8-6-17(7-9-18)27-25-26-15-16-14-21(24(34)30(2)23(16)28-25)37-20-5-3-4-19(33)22(20)32(35)36/h3-9,14-15,33H,10-13H2,1-2H3,(H,26,27,28). The number of nitro groups is 1. The summed E-state index contributed by atoms with van der Waals surface area (Å²) in [6.45, 7) is 4.02. The number of aromatic hydroxyl groups is 1. The number of hydrogen-bond acceptors (Lipinski definition) is 10. The van der Waals surface area contributed by atoms with E-state index in [1.165, 1.54) is 42.1 Å². The summed E-state index contributed by atoms with van der Waals surface area (Å²) in [7, 11) is 3.65. The first-order chi connectivity index (χ1) is 17.8. The molecule has 0 bridgehead atoms. The molecule has 0 spiro atoms. The van der Waals surface area contributed by atoms with Crippen LogP contribution < -0.4 is 20.5 Å². The molecule has 190 valence electrons. The summed E-state index contributed by atoms with van der Waals surface area (Å²) in [5, 5.41) is 24.8. The van der Waals surface area contributed by atoms with Gasteiger partial charge in [0.05, 0.1) is 4.92 Å². The third-order valence-electron chi connectivity index (χ3n) is 6.29. The van der Waals surface area contributed by atoms with Gasteiger partial charge in [-0.2, -0.15) is 4.98 Å². The first kappa shape index (κ1) is 24.0. The Kier molecular flexibility index (Phi) is 6.32. The number of anilines is 3. The Labute approximate surface area is 211 Å². The lowest BCUT2D eigenvalue weighted by Crippen LogP contribution is -2.44. The van der Waals surface area contributed by atoms with E-state index in [0.717, 1.165) is 37.6 Å². The molecule has 0 aliphatic carbocycles. The molecule has 2 aromatic carbocycles. The van der Waals surface area contributed by atoms with Crippen molar-refractivity contribution < 1.29 is 14.8 Å². The molecule has 12 heteroatoms. The van der Waals surface area contributed by atoms with Gasteiger partial charge in [-0.3, -0.25) is 19.5 Å². The first-order valence-electron chi connectivity index (χ1n) is 11.6. The Morgan fingerprint density at radius 3 is 2.49 bits per heavy atom. The van der Waals surface area contributed by atoms with Crippen molar-refractivity contribution in [3.63, 3.8) is 0 Å². The van der Waals surface area contributed by atoms with Crippen molar-refractivity contribution in [1.82, 2.24) is 19.4 Å². The largest absolute Gasteiger partial charge is 0.502 e. The van der Waals surface area contributed by atoms with Crippen molar-refractivity contribution in [1.29, 1.82) is 0 Å². The third kappa shape index (κ3) is 4.86. The highest BCUT2D eigenvalue weighted by Crippen LogP contribution is 2.37. The number of rotatable bonds is 6. The lowest BCUT2D eigenvalue weighted by molar-refractivity contribution is -0.386. The van der Waals surface area contributed by atoms with Crippen LogP contribution in [0.1, 0.15) is 0 Å². The van der Waals surface area contributed by atoms with Crippen molar-refractivity contribution in [2.45, 2.75) is 0 Å². The topological polar surface area (TPSA) is 139 Å². The van der Waals surface area contributed by atoms with Crippen LogP contribution in [0.4, 0.5) is 23.0 Å². The van der Waals surface area contributed by atoms with Crippen molar-refractivity contribution >= 4 is 34.0 Å². The van der Waals surface area contributed by atoms with Crippen LogP contribution in [0.15, 0.2) is 59.5 Å². The highest BCUT2D eigenvalue weighted by Gasteiger charge is 2.23. The quantitative estimate of drug-likeness (QED) is 0.298. The Morgan fingerprint density at radius 1 is 1.05 bits per heavy atom. The van der Waals surface area contributed by atoms with Crippen LogP contribution in [0.25, 0.3) is 11.0 Å². The molecule has 0 atom stereocenters. The molecule has 0 radical (unpaired) electrons. The molecular formula is C25H25N7O5. The van der Waals surface area contributed by atoms with Gasteiger partial charge in [-0.25, -0.2) is 4.98 Å². The van der Waals surface area contributed by atoms with E-state index in [2.05, 4.69) is 44.3 Å². The maximum absolute atomic E-state index is 12.9. The smallest absolute Gasteiger partial charge is 0.352 e. The minimum atomic E-state index is -0.769. The van der Waals surface area contributed by atoms with Crippen molar-refractivity contribution in [3.05, 3.63) is 75.2 Å². The maximum atomic E-state index is 12.9. The van der Waals surface area contributed by atoms with Crippen LogP contribution in [-0.4, -0.2) is 62.7 Å². The minimum Gasteiger partial charge on any atom is -0.502 e. The average molecular weight is 504 g/mol. The van der Waals surface area contributed by atoms with Crippen molar-refractivity contribution in [2.24, 2.45) is 7.05 Å². The number of nitrogens with one attached hydrogen (secondary N) is 1. The van der Waals surface area contributed by atoms with Gasteiger partial charge in [0.2, 0.25) is 11.7 Å². The fourth-order valence-corrected chi connectivity index (χ4v) is 4.19. The van der Waals surface area contributed by atoms with Gasteiger partial charge in [0.15, 0.2) is 11.5 Å². The molecule has 2 aromatic heterocycles. The Hall–Kier alpha value is -4.71. The van der Waals surface area contributed by atoms with Crippen LogP contribution in [0.2, 0.25) is 0 Å². The summed E-state index contributed by atoms with van der Waals surface area (Å²) in [6, 6.07) is 13.3. The Balaban J connectivity index is 1.38. The van der Waals surface area contributed by atoms with Gasteiger partial charge in [0, 0.05) is 56.2 Å².